The molecule has 122 valence electrons. The molecule has 0 radical (unpaired) electrons. The zero-order chi connectivity index (χ0) is 16.3. The third-order valence-electron chi connectivity index (χ3n) is 4.00. The van der Waals surface area contributed by atoms with Gasteiger partial charge in [-0.3, -0.25) is 9.59 Å². The molecule has 2 atom stereocenters. The van der Waals surface area contributed by atoms with Crippen molar-refractivity contribution in [1.29, 1.82) is 0 Å². The fourth-order valence-corrected chi connectivity index (χ4v) is 3.39. The first-order valence-corrected chi connectivity index (χ1v) is 8.92. The molecule has 1 saturated carbocycles. The second-order valence-electron chi connectivity index (χ2n) is 6.62. The topological polar surface area (TPSA) is 101 Å². The number of carbonyl (C=O) groups excluding carboxylic acids is 1. The van der Waals surface area contributed by atoms with Crippen molar-refractivity contribution < 1.29 is 23.1 Å². The number of aliphatic carboxylic acids is 1. The number of carbonyl (C=O) groups is 2. The van der Waals surface area contributed by atoms with Crippen molar-refractivity contribution in [1.82, 2.24) is 5.32 Å². The van der Waals surface area contributed by atoms with Gasteiger partial charge in [-0.1, -0.05) is 6.42 Å². The largest absolute Gasteiger partial charge is 0.481 e. The summed E-state index contributed by atoms with van der Waals surface area (Å²) in [6.07, 6.45) is 2.34. The summed E-state index contributed by atoms with van der Waals surface area (Å²) >= 11 is 0. The molecule has 1 rings (SSSR count). The minimum absolute atomic E-state index is 0.0761. The first kappa shape index (κ1) is 17.9. The number of amides is 1. The van der Waals surface area contributed by atoms with Crippen molar-refractivity contribution in [2.75, 3.05) is 12.3 Å². The van der Waals surface area contributed by atoms with Crippen molar-refractivity contribution in [3.05, 3.63) is 0 Å². The van der Waals surface area contributed by atoms with E-state index in [1.807, 2.05) is 0 Å². The Morgan fingerprint density at radius 1 is 1.19 bits per heavy atom. The van der Waals surface area contributed by atoms with Gasteiger partial charge in [0.05, 0.1) is 16.4 Å². The van der Waals surface area contributed by atoms with Crippen LogP contribution in [0, 0.1) is 11.8 Å². The molecule has 2 N–H and O–H groups in total. The zero-order valence-electron chi connectivity index (χ0n) is 12.9. The third kappa shape index (κ3) is 4.98. The Labute approximate surface area is 126 Å². The lowest BCUT2D eigenvalue weighted by Crippen LogP contribution is -2.40. The van der Waals surface area contributed by atoms with Gasteiger partial charge in [-0.25, -0.2) is 8.42 Å². The van der Waals surface area contributed by atoms with Crippen LogP contribution in [0.5, 0.6) is 0 Å². The standard InChI is InChI=1S/C14H25NO5S/c1-14(2,3)21(19,20)8-7-15-12(16)10-5-4-6-11(9-10)13(17)18/h10-11H,4-9H2,1-3H3,(H,15,16)(H,17,18). The smallest absolute Gasteiger partial charge is 0.306 e. The maximum atomic E-state index is 12.0. The lowest BCUT2D eigenvalue weighted by Gasteiger charge is -2.26. The summed E-state index contributed by atoms with van der Waals surface area (Å²) < 4.78 is 23.0. The van der Waals surface area contributed by atoms with Crippen LogP contribution in [0.1, 0.15) is 46.5 Å². The summed E-state index contributed by atoms with van der Waals surface area (Å²) in [7, 11) is -3.26. The second-order valence-corrected chi connectivity index (χ2v) is 9.48. The Morgan fingerprint density at radius 3 is 2.29 bits per heavy atom. The highest BCUT2D eigenvalue weighted by Gasteiger charge is 2.32. The van der Waals surface area contributed by atoms with Gasteiger partial charge >= 0.3 is 5.97 Å². The van der Waals surface area contributed by atoms with Crippen LogP contribution >= 0.6 is 0 Å². The van der Waals surface area contributed by atoms with Crippen molar-refractivity contribution in [2.45, 2.75) is 51.2 Å². The molecule has 0 saturated heterocycles. The molecule has 0 heterocycles. The summed E-state index contributed by atoms with van der Waals surface area (Å²) in [5.41, 5.74) is 0. The molecule has 0 spiro atoms. The fraction of sp³-hybridized carbons (Fsp3) is 0.857. The van der Waals surface area contributed by atoms with E-state index in [0.717, 1.165) is 6.42 Å². The van der Waals surface area contributed by atoms with Gasteiger partial charge in [-0.05, 0) is 40.0 Å². The first-order valence-electron chi connectivity index (χ1n) is 7.27. The van der Waals surface area contributed by atoms with Gasteiger partial charge < -0.3 is 10.4 Å². The molecular weight excluding hydrogens is 294 g/mol. The number of sulfone groups is 1. The van der Waals surface area contributed by atoms with Crippen molar-refractivity contribution in [3.8, 4) is 0 Å². The summed E-state index contributed by atoms with van der Waals surface area (Å²) in [5.74, 6) is -1.98. The quantitative estimate of drug-likeness (QED) is 0.793. The monoisotopic (exact) mass is 319 g/mol. The molecule has 0 aromatic carbocycles. The minimum Gasteiger partial charge on any atom is -0.481 e. The Kier molecular flexibility index (Phi) is 5.78. The van der Waals surface area contributed by atoms with Gasteiger partial charge in [-0.15, -0.1) is 0 Å². The molecule has 1 fully saturated rings. The molecule has 21 heavy (non-hydrogen) atoms. The molecule has 6 nitrogen and oxygen atoms in total. The Bertz CT molecular complexity index is 492. The normalized spacial score (nSPS) is 23.6. The van der Waals surface area contributed by atoms with Crippen LogP contribution in [0.2, 0.25) is 0 Å². The van der Waals surface area contributed by atoms with E-state index in [4.69, 9.17) is 5.11 Å². The maximum Gasteiger partial charge on any atom is 0.306 e. The van der Waals surface area contributed by atoms with Crippen LogP contribution in [0.15, 0.2) is 0 Å². The summed E-state index contributed by atoms with van der Waals surface area (Å²) in [5, 5.41) is 11.6. The van der Waals surface area contributed by atoms with E-state index in [1.54, 1.807) is 20.8 Å². The SMILES string of the molecule is CC(C)(C)S(=O)(=O)CCNC(=O)C1CCCC(C(=O)O)C1. The van der Waals surface area contributed by atoms with Crippen LogP contribution in [-0.4, -0.2) is 42.4 Å². The molecule has 1 amide bonds. The van der Waals surface area contributed by atoms with Gasteiger partial charge in [0.1, 0.15) is 0 Å². The van der Waals surface area contributed by atoms with E-state index in [2.05, 4.69) is 5.32 Å². The molecule has 7 heteroatoms. The van der Waals surface area contributed by atoms with Gasteiger partial charge in [0, 0.05) is 12.5 Å². The highest BCUT2D eigenvalue weighted by atomic mass is 32.2. The minimum atomic E-state index is -3.26. The van der Waals surface area contributed by atoms with Crippen molar-refractivity contribution >= 4 is 21.7 Å². The van der Waals surface area contributed by atoms with Gasteiger partial charge in [0.15, 0.2) is 9.84 Å². The van der Waals surface area contributed by atoms with Gasteiger partial charge in [0.25, 0.3) is 0 Å². The molecule has 2 unspecified atom stereocenters. The number of nitrogens with one attached hydrogen (secondary N) is 1. The lowest BCUT2D eigenvalue weighted by atomic mass is 9.81. The summed E-state index contributed by atoms with van der Waals surface area (Å²) in [6.45, 7) is 4.96. The Morgan fingerprint density at radius 2 is 1.76 bits per heavy atom. The van der Waals surface area contributed by atoms with Gasteiger partial charge in [-0.2, -0.15) is 0 Å². The van der Waals surface area contributed by atoms with E-state index in [-0.39, 0.29) is 24.1 Å². The molecule has 0 aromatic rings. The lowest BCUT2D eigenvalue weighted by molar-refractivity contribution is -0.144. The van der Waals surface area contributed by atoms with E-state index >= 15 is 0 Å². The van der Waals surface area contributed by atoms with Crippen LogP contribution < -0.4 is 5.32 Å². The Hall–Kier alpha value is -1.11. The van der Waals surface area contributed by atoms with E-state index < -0.39 is 26.5 Å². The second kappa shape index (κ2) is 6.77. The van der Waals surface area contributed by atoms with Crippen LogP contribution in [0.4, 0.5) is 0 Å². The number of hydrogen-bond donors (Lipinski definition) is 2. The maximum absolute atomic E-state index is 12.0. The summed E-state index contributed by atoms with van der Waals surface area (Å²) in [4.78, 5) is 23.0. The van der Waals surface area contributed by atoms with Crippen LogP contribution in [0.25, 0.3) is 0 Å². The number of hydrogen-bond acceptors (Lipinski definition) is 4. The zero-order valence-corrected chi connectivity index (χ0v) is 13.7. The molecule has 1 aliphatic carbocycles. The molecule has 0 aromatic heterocycles. The van der Waals surface area contributed by atoms with E-state index in [0.29, 0.717) is 19.3 Å². The van der Waals surface area contributed by atoms with Gasteiger partial charge in [0.2, 0.25) is 5.91 Å². The Balaban J connectivity index is 2.46. The molecular formula is C14H25NO5S. The third-order valence-corrected chi connectivity index (χ3v) is 6.60. The number of carboxylic acids is 1. The van der Waals surface area contributed by atoms with Crippen molar-refractivity contribution in [2.24, 2.45) is 11.8 Å². The number of rotatable bonds is 5. The molecule has 0 aliphatic heterocycles. The van der Waals surface area contributed by atoms with Crippen LogP contribution in [0.3, 0.4) is 0 Å². The predicted molar refractivity (Wildman–Crippen MR) is 79.6 cm³/mol. The highest BCUT2D eigenvalue weighted by molar-refractivity contribution is 7.92. The fourth-order valence-electron chi connectivity index (χ4n) is 2.41. The van der Waals surface area contributed by atoms with Crippen molar-refractivity contribution in [3.63, 3.8) is 0 Å². The first-order chi connectivity index (χ1) is 9.54. The van der Waals surface area contributed by atoms with E-state index in [1.165, 1.54) is 0 Å². The average Bonchev–Trinajstić information content (AvgIpc) is 2.37. The average molecular weight is 319 g/mol. The summed E-state index contributed by atoms with van der Waals surface area (Å²) in [6, 6.07) is 0. The van der Waals surface area contributed by atoms with E-state index in [9.17, 15) is 18.0 Å². The highest BCUT2D eigenvalue weighted by Crippen LogP contribution is 2.29. The van der Waals surface area contributed by atoms with Crippen LogP contribution in [-0.2, 0) is 19.4 Å². The molecule has 0 bridgehead atoms. The number of carboxylic acid groups (broad SMARTS) is 1. The molecule has 1 aliphatic rings. The predicted octanol–water partition coefficient (Wildman–Crippen LogP) is 1.21.